The molecular formula is C19H15BrFNO3S2. The molecule has 0 bridgehead atoms. The lowest BCUT2D eigenvalue weighted by Gasteiger charge is -2.14. The topological polar surface area (TPSA) is 38.8 Å². The summed E-state index contributed by atoms with van der Waals surface area (Å²) in [5, 5.41) is 0. The number of carbonyl (C=O) groups excluding carboxylic acids is 1. The second-order valence-electron chi connectivity index (χ2n) is 5.45. The fourth-order valence-electron chi connectivity index (χ4n) is 2.54. The van der Waals surface area contributed by atoms with Crippen molar-refractivity contribution < 1.29 is 18.7 Å². The van der Waals surface area contributed by atoms with Crippen molar-refractivity contribution in [3.05, 3.63) is 57.2 Å². The van der Waals surface area contributed by atoms with E-state index in [9.17, 15) is 9.18 Å². The highest BCUT2D eigenvalue weighted by Gasteiger charge is 2.33. The number of anilines is 1. The molecule has 1 amide bonds. The van der Waals surface area contributed by atoms with E-state index >= 15 is 0 Å². The Morgan fingerprint density at radius 1 is 1.30 bits per heavy atom. The van der Waals surface area contributed by atoms with Gasteiger partial charge in [-0.25, -0.2) is 4.39 Å². The molecule has 1 heterocycles. The van der Waals surface area contributed by atoms with Crippen LogP contribution in [0.25, 0.3) is 6.08 Å². The first-order chi connectivity index (χ1) is 12.9. The van der Waals surface area contributed by atoms with E-state index < -0.39 is 5.82 Å². The van der Waals surface area contributed by atoms with Gasteiger partial charge in [0.05, 0.1) is 24.3 Å². The van der Waals surface area contributed by atoms with Crippen molar-refractivity contribution in [2.24, 2.45) is 0 Å². The first-order valence-electron chi connectivity index (χ1n) is 7.98. The molecule has 0 saturated carbocycles. The van der Waals surface area contributed by atoms with Gasteiger partial charge in [0.1, 0.15) is 5.82 Å². The molecule has 3 rings (SSSR count). The zero-order valence-electron chi connectivity index (χ0n) is 14.5. The number of hydrogen-bond acceptors (Lipinski definition) is 5. The molecule has 1 aliphatic rings. The van der Waals surface area contributed by atoms with Crippen molar-refractivity contribution in [3.8, 4) is 11.5 Å². The highest BCUT2D eigenvalue weighted by Crippen LogP contribution is 2.39. The Bertz CT molecular complexity index is 949. The summed E-state index contributed by atoms with van der Waals surface area (Å²) in [4.78, 5) is 14.6. The Morgan fingerprint density at radius 2 is 2.07 bits per heavy atom. The highest BCUT2D eigenvalue weighted by atomic mass is 79.9. The van der Waals surface area contributed by atoms with Crippen LogP contribution in [0.3, 0.4) is 0 Å². The minimum Gasteiger partial charge on any atom is -0.493 e. The number of amides is 1. The van der Waals surface area contributed by atoms with Crippen molar-refractivity contribution in [3.63, 3.8) is 0 Å². The van der Waals surface area contributed by atoms with E-state index in [1.807, 2.05) is 6.92 Å². The summed E-state index contributed by atoms with van der Waals surface area (Å²) in [7, 11) is 1.55. The number of carbonyl (C=O) groups is 1. The smallest absolute Gasteiger partial charge is 0.270 e. The molecule has 0 aliphatic carbocycles. The molecule has 140 valence electrons. The Labute approximate surface area is 174 Å². The predicted octanol–water partition coefficient (Wildman–Crippen LogP) is 5.40. The van der Waals surface area contributed by atoms with Gasteiger partial charge in [-0.2, -0.15) is 0 Å². The van der Waals surface area contributed by atoms with E-state index in [1.165, 1.54) is 28.8 Å². The molecule has 0 atom stereocenters. The molecule has 4 nitrogen and oxygen atoms in total. The summed E-state index contributed by atoms with van der Waals surface area (Å²) in [6.45, 7) is 2.40. The number of nitrogens with zero attached hydrogens (tertiary/aromatic N) is 1. The third-order valence-corrected chi connectivity index (χ3v) is 5.72. The standard InChI is InChI=1S/C19H15BrFNO3S2/c1-3-25-16-10-14(20)11(7-15(16)24-2)8-17-18(23)22(19(26)27-17)13-6-4-5-12(21)9-13/h4-10H,3H2,1-2H3/b17-8+. The maximum atomic E-state index is 13.5. The largest absolute Gasteiger partial charge is 0.493 e. The van der Waals surface area contributed by atoms with Gasteiger partial charge in [-0.05, 0) is 48.9 Å². The van der Waals surface area contributed by atoms with E-state index in [-0.39, 0.29) is 5.91 Å². The van der Waals surface area contributed by atoms with Crippen LogP contribution in [0, 0.1) is 5.82 Å². The van der Waals surface area contributed by atoms with Gasteiger partial charge in [-0.15, -0.1) is 0 Å². The monoisotopic (exact) mass is 467 g/mol. The molecule has 2 aromatic carbocycles. The molecule has 0 spiro atoms. The average molecular weight is 468 g/mol. The van der Waals surface area contributed by atoms with Crippen LogP contribution >= 0.6 is 39.9 Å². The van der Waals surface area contributed by atoms with Crippen LogP contribution in [0.4, 0.5) is 10.1 Å². The molecular weight excluding hydrogens is 453 g/mol. The lowest BCUT2D eigenvalue weighted by molar-refractivity contribution is -0.113. The molecule has 1 saturated heterocycles. The number of thioether (sulfide) groups is 1. The van der Waals surface area contributed by atoms with Crippen molar-refractivity contribution in [1.29, 1.82) is 0 Å². The highest BCUT2D eigenvalue weighted by molar-refractivity contribution is 9.10. The molecule has 27 heavy (non-hydrogen) atoms. The first kappa shape index (κ1) is 19.9. The molecule has 1 aliphatic heterocycles. The fraction of sp³-hybridized carbons (Fsp3) is 0.158. The average Bonchev–Trinajstić information content (AvgIpc) is 2.91. The van der Waals surface area contributed by atoms with Crippen LogP contribution < -0.4 is 14.4 Å². The second-order valence-corrected chi connectivity index (χ2v) is 7.98. The van der Waals surface area contributed by atoms with E-state index in [0.717, 1.165) is 10.0 Å². The quantitative estimate of drug-likeness (QED) is 0.434. The van der Waals surface area contributed by atoms with E-state index in [1.54, 1.807) is 37.5 Å². The van der Waals surface area contributed by atoms with Crippen molar-refractivity contribution >= 4 is 61.9 Å². The molecule has 2 aromatic rings. The predicted molar refractivity (Wildman–Crippen MR) is 114 cm³/mol. The number of ether oxygens (including phenoxy) is 2. The molecule has 8 heteroatoms. The van der Waals surface area contributed by atoms with E-state index in [0.29, 0.717) is 33.0 Å². The summed E-state index contributed by atoms with van der Waals surface area (Å²) in [6.07, 6.45) is 1.72. The summed E-state index contributed by atoms with van der Waals surface area (Å²) in [6, 6.07) is 9.36. The first-order valence-corrected chi connectivity index (χ1v) is 10.00. The van der Waals surface area contributed by atoms with Crippen LogP contribution in [0.5, 0.6) is 11.5 Å². The number of methoxy groups -OCH3 is 1. The van der Waals surface area contributed by atoms with E-state index in [4.69, 9.17) is 21.7 Å². The van der Waals surface area contributed by atoms with Crippen LogP contribution in [0.15, 0.2) is 45.8 Å². The molecule has 0 N–H and O–H groups in total. The van der Waals surface area contributed by atoms with Gasteiger partial charge in [0.15, 0.2) is 15.8 Å². The SMILES string of the molecule is CCOc1cc(Br)c(/C=C2/SC(=S)N(c3cccc(F)c3)C2=O)cc1OC. The Kier molecular flexibility index (Phi) is 6.18. The number of halogens is 2. The van der Waals surface area contributed by atoms with Gasteiger partial charge in [-0.3, -0.25) is 9.69 Å². The van der Waals surface area contributed by atoms with Gasteiger partial charge >= 0.3 is 0 Å². The third-order valence-electron chi connectivity index (χ3n) is 3.73. The minimum atomic E-state index is -0.426. The Balaban J connectivity index is 1.96. The lowest BCUT2D eigenvalue weighted by Crippen LogP contribution is -2.27. The number of thiocarbonyl (C=S) groups is 1. The lowest BCUT2D eigenvalue weighted by atomic mass is 10.1. The van der Waals surface area contributed by atoms with Crippen LogP contribution in [-0.4, -0.2) is 23.9 Å². The molecule has 1 fully saturated rings. The number of rotatable bonds is 5. The van der Waals surface area contributed by atoms with Gasteiger partial charge in [0, 0.05) is 4.47 Å². The Morgan fingerprint density at radius 3 is 2.74 bits per heavy atom. The Hall–Kier alpha value is -1.90. The van der Waals surface area contributed by atoms with Gasteiger partial charge in [0.2, 0.25) is 0 Å². The molecule has 0 unspecified atom stereocenters. The molecule has 0 radical (unpaired) electrons. The van der Waals surface area contributed by atoms with Crippen molar-refractivity contribution in [2.75, 3.05) is 18.6 Å². The second kappa shape index (κ2) is 8.41. The van der Waals surface area contributed by atoms with Crippen molar-refractivity contribution in [1.82, 2.24) is 0 Å². The summed E-state index contributed by atoms with van der Waals surface area (Å²) >= 11 is 9.98. The van der Waals surface area contributed by atoms with Gasteiger partial charge in [0.25, 0.3) is 5.91 Å². The summed E-state index contributed by atoms with van der Waals surface area (Å²) in [5.74, 6) is 0.447. The summed E-state index contributed by atoms with van der Waals surface area (Å²) in [5.41, 5.74) is 1.15. The van der Waals surface area contributed by atoms with Gasteiger partial charge in [-0.1, -0.05) is 46.0 Å². The van der Waals surface area contributed by atoms with Crippen LogP contribution in [-0.2, 0) is 4.79 Å². The van der Waals surface area contributed by atoms with E-state index in [2.05, 4.69) is 15.9 Å². The summed E-state index contributed by atoms with van der Waals surface area (Å²) < 4.78 is 25.5. The van der Waals surface area contributed by atoms with Crippen LogP contribution in [0.1, 0.15) is 12.5 Å². The van der Waals surface area contributed by atoms with Gasteiger partial charge < -0.3 is 9.47 Å². The maximum Gasteiger partial charge on any atom is 0.270 e. The third kappa shape index (κ3) is 4.17. The fourth-order valence-corrected chi connectivity index (χ4v) is 4.26. The van der Waals surface area contributed by atoms with Crippen LogP contribution in [0.2, 0.25) is 0 Å². The zero-order chi connectivity index (χ0) is 19.6. The zero-order valence-corrected chi connectivity index (χ0v) is 17.7. The minimum absolute atomic E-state index is 0.296. The van der Waals surface area contributed by atoms with Crippen molar-refractivity contribution in [2.45, 2.75) is 6.92 Å². The number of hydrogen-bond donors (Lipinski definition) is 0. The molecule has 0 aromatic heterocycles. The normalized spacial score (nSPS) is 15.6. The number of benzene rings is 2. The maximum absolute atomic E-state index is 13.5.